The van der Waals surface area contributed by atoms with Gasteiger partial charge in [0.15, 0.2) is 0 Å². The van der Waals surface area contributed by atoms with Crippen LogP contribution in [0.4, 0.5) is 0 Å². The van der Waals surface area contributed by atoms with Gasteiger partial charge in [0.1, 0.15) is 0 Å². The van der Waals surface area contributed by atoms with Gasteiger partial charge in [-0.25, -0.2) is 0 Å². The Labute approximate surface area is 66.7 Å². The molecule has 0 aliphatic heterocycles. The highest BCUT2D eigenvalue weighted by Gasteiger charge is 2.07. The molecule has 0 aliphatic carbocycles. The van der Waals surface area contributed by atoms with Crippen molar-refractivity contribution < 1.29 is 14.6 Å². The number of carbonyl (C=O) groups excluding carboxylic acids is 1. The number of carbonyl (C=O) groups is 1. The van der Waals surface area contributed by atoms with E-state index in [0.717, 1.165) is 0 Å². The van der Waals surface area contributed by atoms with Crippen LogP contribution in [-0.2, 0) is 9.53 Å². The number of methoxy groups -OCH3 is 1. The van der Waals surface area contributed by atoms with E-state index in [1.165, 1.54) is 7.11 Å². The Kier molecular flexibility index (Phi) is 4.54. The van der Waals surface area contributed by atoms with Gasteiger partial charge in [-0.3, -0.25) is 4.79 Å². The molecule has 0 aromatic heterocycles. The number of aliphatic hydroxyl groups excluding tert-OH is 1. The van der Waals surface area contributed by atoms with Crippen LogP contribution in [-0.4, -0.2) is 24.3 Å². The van der Waals surface area contributed by atoms with Crippen LogP contribution in [0.15, 0.2) is 12.2 Å². The predicted molar refractivity (Wildman–Crippen MR) is 42.0 cm³/mol. The average molecular weight is 158 g/mol. The second-order valence-electron chi connectivity index (χ2n) is 2.44. The maximum atomic E-state index is 10.8. The van der Waals surface area contributed by atoms with Crippen molar-refractivity contribution in [1.29, 1.82) is 0 Å². The van der Waals surface area contributed by atoms with Crippen molar-refractivity contribution >= 4 is 5.97 Å². The Morgan fingerprint density at radius 3 is 2.36 bits per heavy atom. The van der Waals surface area contributed by atoms with Crippen molar-refractivity contribution in [3.05, 3.63) is 12.2 Å². The zero-order valence-corrected chi connectivity index (χ0v) is 7.07. The molecule has 11 heavy (non-hydrogen) atoms. The zero-order chi connectivity index (χ0) is 8.85. The standard InChI is InChI=1S/C8H14O3/c1-6(8(10)11-3)4-5-7(2)9/h4-7,9H,1-3H3/b5-4+. The molecule has 0 radical (unpaired) electrons. The molecule has 0 saturated heterocycles. The van der Waals surface area contributed by atoms with Crippen molar-refractivity contribution in [2.75, 3.05) is 7.11 Å². The van der Waals surface area contributed by atoms with Gasteiger partial charge in [-0.15, -0.1) is 0 Å². The van der Waals surface area contributed by atoms with Gasteiger partial charge in [-0.2, -0.15) is 0 Å². The molecule has 0 aromatic carbocycles. The Hall–Kier alpha value is -0.830. The molecule has 0 aromatic rings. The van der Waals surface area contributed by atoms with Crippen LogP contribution in [0.3, 0.4) is 0 Å². The number of ether oxygens (including phenoxy) is 1. The first-order chi connectivity index (χ1) is 5.07. The SMILES string of the molecule is COC(=O)C(C)/C=C/C(C)O. The Morgan fingerprint density at radius 2 is 2.00 bits per heavy atom. The summed E-state index contributed by atoms with van der Waals surface area (Å²) in [6, 6.07) is 0. The van der Waals surface area contributed by atoms with Crippen molar-refractivity contribution in [3.63, 3.8) is 0 Å². The lowest BCUT2D eigenvalue weighted by Gasteiger charge is -2.02. The zero-order valence-electron chi connectivity index (χ0n) is 7.07. The van der Waals surface area contributed by atoms with Crippen molar-refractivity contribution in [3.8, 4) is 0 Å². The van der Waals surface area contributed by atoms with Crippen LogP contribution in [0, 0.1) is 5.92 Å². The minimum absolute atomic E-state index is 0.283. The molecule has 3 heteroatoms. The first-order valence-corrected chi connectivity index (χ1v) is 3.52. The van der Waals surface area contributed by atoms with Gasteiger partial charge >= 0.3 is 5.97 Å². The third-order valence-corrected chi connectivity index (χ3v) is 1.25. The van der Waals surface area contributed by atoms with E-state index in [1.54, 1.807) is 26.0 Å². The largest absolute Gasteiger partial charge is 0.469 e. The molecular formula is C8H14O3. The highest BCUT2D eigenvalue weighted by molar-refractivity contribution is 5.73. The van der Waals surface area contributed by atoms with Crippen LogP contribution < -0.4 is 0 Å². The maximum Gasteiger partial charge on any atom is 0.312 e. The second-order valence-corrected chi connectivity index (χ2v) is 2.44. The molecular weight excluding hydrogens is 144 g/mol. The molecule has 0 rings (SSSR count). The molecule has 0 spiro atoms. The van der Waals surface area contributed by atoms with E-state index in [2.05, 4.69) is 4.74 Å². The fraction of sp³-hybridized carbons (Fsp3) is 0.625. The van der Waals surface area contributed by atoms with E-state index >= 15 is 0 Å². The van der Waals surface area contributed by atoms with Crippen LogP contribution in [0.5, 0.6) is 0 Å². The van der Waals surface area contributed by atoms with Gasteiger partial charge in [0.05, 0.1) is 19.1 Å². The lowest BCUT2D eigenvalue weighted by molar-refractivity contribution is -0.143. The third kappa shape index (κ3) is 4.56. The minimum atomic E-state index is -0.512. The summed E-state index contributed by atoms with van der Waals surface area (Å²) >= 11 is 0. The lowest BCUT2D eigenvalue weighted by Crippen LogP contribution is -2.10. The molecule has 0 saturated carbocycles. The van der Waals surface area contributed by atoms with Crippen LogP contribution >= 0.6 is 0 Å². The number of aliphatic hydroxyl groups is 1. The van der Waals surface area contributed by atoms with Crippen LogP contribution in [0.2, 0.25) is 0 Å². The third-order valence-electron chi connectivity index (χ3n) is 1.25. The van der Waals surface area contributed by atoms with Crippen molar-refractivity contribution in [2.24, 2.45) is 5.92 Å². The molecule has 0 aliphatic rings. The Bertz CT molecular complexity index is 149. The number of hydrogen-bond donors (Lipinski definition) is 1. The number of rotatable bonds is 3. The second kappa shape index (κ2) is 4.91. The fourth-order valence-electron chi connectivity index (χ4n) is 0.592. The molecule has 3 nitrogen and oxygen atoms in total. The molecule has 2 atom stereocenters. The fourth-order valence-corrected chi connectivity index (χ4v) is 0.592. The summed E-state index contributed by atoms with van der Waals surface area (Å²) in [5.74, 6) is -0.573. The van der Waals surface area contributed by atoms with Gasteiger partial charge in [-0.05, 0) is 13.8 Å². The number of esters is 1. The quantitative estimate of drug-likeness (QED) is 0.486. The Morgan fingerprint density at radius 1 is 1.45 bits per heavy atom. The maximum absolute atomic E-state index is 10.8. The Balaban J connectivity index is 3.86. The molecule has 64 valence electrons. The van der Waals surface area contributed by atoms with Crippen LogP contribution in [0.1, 0.15) is 13.8 Å². The van der Waals surface area contributed by atoms with E-state index in [-0.39, 0.29) is 11.9 Å². The van der Waals surface area contributed by atoms with E-state index in [9.17, 15) is 4.79 Å². The monoisotopic (exact) mass is 158 g/mol. The minimum Gasteiger partial charge on any atom is -0.469 e. The van der Waals surface area contributed by atoms with Gasteiger partial charge in [0.2, 0.25) is 0 Å². The van der Waals surface area contributed by atoms with Gasteiger partial charge in [0, 0.05) is 0 Å². The van der Waals surface area contributed by atoms with Crippen molar-refractivity contribution in [1.82, 2.24) is 0 Å². The topological polar surface area (TPSA) is 46.5 Å². The molecule has 1 N–H and O–H groups in total. The summed E-state index contributed by atoms with van der Waals surface area (Å²) in [6.07, 6.45) is 2.67. The molecule has 0 fully saturated rings. The first-order valence-electron chi connectivity index (χ1n) is 3.52. The van der Waals surface area contributed by atoms with E-state index < -0.39 is 6.10 Å². The predicted octanol–water partition coefficient (Wildman–Crippen LogP) is 0.732. The first kappa shape index (κ1) is 10.2. The highest BCUT2D eigenvalue weighted by atomic mass is 16.5. The smallest absolute Gasteiger partial charge is 0.312 e. The summed E-state index contributed by atoms with van der Waals surface area (Å²) in [4.78, 5) is 10.8. The summed E-state index contributed by atoms with van der Waals surface area (Å²) in [7, 11) is 1.34. The average Bonchev–Trinajstić information content (AvgIpc) is 1.98. The summed E-state index contributed by atoms with van der Waals surface area (Å²) in [5.41, 5.74) is 0. The lowest BCUT2D eigenvalue weighted by atomic mass is 10.1. The van der Waals surface area contributed by atoms with E-state index in [1.807, 2.05) is 0 Å². The van der Waals surface area contributed by atoms with Crippen molar-refractivity contribution in [2.45, 2.75) is 20.0 Å². The molecule has 2 unspecified atom stereocenters. The molecule has 0 amide bonds. The van der Waals surface area contributed by atoms with Gasteiger partial charge < -0.3 is 9.84 Å². The normalized spacial score (nSPS) is 16.4. The summed E-state index contributed by atoms with van der Waals surface area (Å²) in [5, 5.41) is 8.82. The van der Waals surface area contributed by atoms with Gasteiger partial charge in [-0.1, -0.05) is 12.2 Å². The van der Waals surface area contributed by atoms with E-state index in [0.29, 0.717) is 0 Å². The molecule has 0 bridgehead atoms. The van der Waals surface area contributed by atoms with Gasteiger partial charge in [0.25, 0.3) is 0 Å². The van der Waals surface area contributed by atoms with E-state index in [4.69, 9.17) is 5.11 Å². The molecule has 0 heterocycles. The van der Waals surface area contributed by atoms with Crippen LogP contribution in [0.25, 0.3) is 0 Å². The summed E-state index contributed by atoms with van der Waals surface area (Å²) in [6.45, 7) is 3.34. The summed E-state index contributed by atoms with van der Waals surface area (Å²) < 4.78 is 4.47. The number of hydrogen-bond acceptors (Lipinski definition) is 3. The highest BCUT2D eigenvalue weighted by Crippen LogP contribution is 2.00.